The summed E-state index contributed by atoms with van der Waals surface area (Å²) in [6.45, 7) is 0. The van der Waals surface area contributed by atoms with Crippen molar-refractivity contribution in [3.63, 3.8) is 0 Å². The van der Waals surface area contributed by atoms with Crippen LogP contribution in [-0.4, -0.2) is 12.8 Å². The van der Waals surface area contributed by atoms with Crippen LogP contribution >= 0.6 is 0 Å². The van der Waals surface area contributed by atoms with Crippen molar-refractivity contribution >= 4 is 11.8 Å². The molecule has 0 spiro atoms. The molecule has 0 amide bonds. The molecular formula is C11H11NO. The zero-order chi connectivity index (χ0) is 9.10. The summed E-state index contributed by atoms with van der Waals surface area (Å²) < 4.78 is 0. The Labute approximate surface area is 77.5 Å². The van der Waals surface area contributed by atoms with E-state index in [4.69, 9.17) is 4.84 Å². The fourth-order valence-electron chi connectivity index (χ4n) is 1.51. The Kier molecular flexibility index (Phi) is 2.13. The highest BCUT2D eigenvalue weighted by Gasteiger charge is 2.10. The summed E-state index contributed by atoms with van der Waals surface area (Å²) in [6.07, 6.45) is 5.06. The zero-order valence-corrected chi connectivity index (χ0v) is 7.53. The number of nitrogens with zero attached hydrogens (tertiary/aromatic N) is 1. The Hall–Kier alpha value is -1.57. The van der Waals surface area contributed by atoms with Gasteiger partial charge in [-0.3, -0.25) is 0 Å². The Bertz CT molecular complexity index is 366. The van der Waals surface area contributed by atoms with E-state index in [0.717, 1.165) is 12.1 Å². The standard InChI is InChI=1S/C11H11NO/c1-13-12-11-8-4-6-9-5-2-3-7-10(9)11/h2-7H,8H2,1H3. The molecule has 0 heterocycles. The molecule has 0 saturated carbocycles. The van der Waals surface area contributed by atoms with Gasteiger partial charge in [-0.2, -0.15) is 0 Å². The van der Waals surface area contributed by atoms with E-state index in [-0.39, 0.29) is 0 Å². The monoisotopic (exact) mass is 173 g/mol. The van der Waals surface area contributed by atoms with E-state index in [0.29, 0.717) is 0 Å². The summed E-state index contributed by atoms with van der Waals surface area (Å²) in [5.74, 6) is 0. The topological polar surface area (TPSA) is 21.6 Å². The maximum atomic E-state index is 4.79. The highest BCUT2D eigenvalue weighted by Crippen LogP contribution is 2.19. The maximum absolute atomic E-state index is 4.79. The predicted octanol–water partition coefficient (Wildman–Crippen LogP) is 2.45. The summed E-state index contributed by atoms with van der Waals surface area (Å²) in [6, 6.07) is 8.19. The quantitative estimate of drug-likeness (QED) is 0.598. The highest BCUT2D eigenvalue weighted by atomic mass is 16.6. The number of benzene rings is 1. The van der Waals surface area contributed by atoms with Crippen LogP contribution in [0.2, 0.25) is 0 Å². The summed E-state index contributed by atoms with van der Waals surface area (Å²) >= 11 is 0. The molecule has 0 unspecified atom stereocenters. The molecule has 2 nitrogen and oxygen atoms in total. The second kappa shape index (κ2) is 3.44. The van der Waals surface area contributed by atoms with Crippen molar-refractivity contribution in [1.29, 1.82) is 0 Å². The van der Waals surface area contributed by atoms with Crippen LogP contribution < -0.4 is 0 Å². The molecule has 1 aliphatic carbocycles. The lowest BCUT2D eigenvalue weighted by Crippen LogP contribution is -2.05. The van der Waals surface area contributed by atoms with Crippen molar-refractivity contribution in [3.05, 3.63) is 41.5 Å². The van der Waals surface area contributed by atoms with E-state index in [1.807, 2.05) is 12.1 Å². The van der Waals surface area contributed by atoms with Crippen LogP contribution in [0, 0.1) is 0 Å². The van der Waals surface area contributed by atoms with E-state index in [9.17, 15) is 0 Å². The molecule has 2 rings (SSSR count). The van der Waals surface area contributed by atoms with Crippen LogP contribution in [0.3, 0.4) is 0 Å². The largest absolute Gasteiger partial charge is 0.399 e. The summed E-state index contributed by atoms with van der Waals surface area (Å²) in [7, 11) is 1.58. The van der Waals surface area contributed by atoms with Gasteiger partial charge in [0.2, 0.25) is 0 Å². The number of oxime groups is 1. The molecular weight excluding hydrogens is 162 g/mol. The lowest BCUT2D eigenvalue weighted by molar-refractivity contribution is 0.213. The van der Waals surface area contributed by atoms with Gasteiger partial charge in [-0.05, 0) is 5.56 Å². The van der Waals surface area contributed by atoms with Gasteiger partial charge in [0.05, 0.1) is 5.71 Å². The van der Waals surface area contributed by atoms with Gasteiger partial charge in [0.1, 0.15) is 7.11 Å². The maximum Gasteiger partial charge on any atom is 0.106 e. The third-order valence-electron chi connectivity index (χ3n) is 2.08. The third kappa shape index (κ3) is 1.47. The number of hydrogen-bond donors (Lipinski definition) is 0. The van der Waals surface area contributed by atoms with Crippen molar-refractivity contribution in [1.82, 2.24) is 0 Å². The molecule has 1 aromatic rings. The lowest BCUT2D eigenvalue weighted by atomic mass is 9.96. The van der Waals surface area contributed by atoms with Gasteiger partial charge in [-0.25, -0.2) is 0 Å². The minimum atomic E-state index is 0.852. The molecule has 2 heteroatoms. The first kappa shape index (κ1) is 8.05. The van der Waals surface area contributed by atoms with Crippen molar-refractivity contribution in [2.24, 2.45) is 5.16 Å². The summed E-state index contributed by atoms with van der Waals surface area (Å²) in [5, 5.41) is 3.99. The SMILES string of the molecule is CON=C1CC=Cc2ccccc21. The molecule has 1 aliphatic rings. The first-order chi connectivity index (χ1) is 6.42. The Morgan fingerprint density at radius 3 is 3.00 bits per heavy atom. The summed E-state index contributed by atoms with van der Waals surface area (Å²) in [5.41, 5.74) is 3.39. The van der Waals surface area contributed by atoms with Crippen molar-refractivity contribution in [2.75, 3.05) is 7.11 Å². The number of hydrogen-bond acceptors (Lipinski definition) is 2. The second-order valence-electron chi connectivity index (χ2n) is 2.91. The van der Waals surface area contributed by atoms with E-state index < -0.39 is 0 Å². The average Bonchev–Trinajstić information content (AvgIpc) is 2.19. The molecule has 0 bridgehead atoms. The van der Waals surface area contributed by atoms with Gasteiger partial charge >= 0.3 is 0 Å². The predicted molar refractivity (Wildman–Crippen MR) is 53.6 cm³/mol. The smallest absolute Gasteiger partial charge is 0.106 e. The number of allylic oxidation sites excluding steroid dienone is 1. The number of fused-ring (bicyclic) bond motifs is 1. The first-order valence-corrected chi connectivity index (χ1v) is 4.28. The molecule has 0 aliphatic heterocycles. The van der Waals surface area contributed by atoms with Gasteiger partial charge in [0.15, 0.2) is 0 Å². The van der Waals surface area contributed by atoms with Gasteiger partial charge in [0.25, 0.3) is 0 Å². The van der Waals surface area contributed by atoms with Crippen molar-refractivity contribution < 1.29 is 4.84 Å². The zero-order valence-electron chi connectivity index (χ0n) is 7.53. The molecule has 0 saturated heterocycles. The van der Waals surface area contributed by atoms with Gasteiger partial charge < -0.3 is 4.84 Å². The Morgan fingerprint density at radius 1 is 1.31 bits per heavy atom. The highest BCUT2D eigenvalue weighted by molar-refractivity contribution is 6.06. The van der Waals surface area contributed by atoms with E-state index in [1.54, 1.807) is 7.11 Å². The van der Waals surface area contributed by atoms with Crippen LogP contribution in [-0.2, 0) is 4.84 Å². The average molecular weight is 173 g/mol. The fraction of sp³-hybridized carbons (Fsp3) is 0.182. The fourth-order valence-corrected chi connectivity index (χ4v) is 1.51. The minimum absolute atomic E-state index is 0.852. The second-order valence-corrected chi connectivity index (χ2v) is 2.91. The van der Waals surface area contributed by atoms with Crippen molar-refractivity contribution in [2.45, 2.75) is 6.42 Å². The Morgan fingerprint density at radius 2 is 2.15 bits per heavy atom. The van der Waals surface area contributed by atoms with Gasteiger partial charge in [-0.15, -0.1) is 0 Å². The molecule has 0 N–H and O–H groups in total. The molecule has 66 valence electrons. The molecule has 13 heavy (non-hydrogen) atoms. The van der Waals surface area contributed by atoms with Crippen LogP contribution in [0.4, 0.5) is 0 Å². The minimum Gasteiger partial charge on any atom is -0.399 e. The summed E-state index contributed by atoms with van der Waals surface area (Å²) in [4.78, 5) is 4.79. The van der Waals surface area contributed by atoms with E-state index >= 15 is 0 Å². The van der Waals surface area contributed by atoms with Crippen LogP contribution in [0.25, 0.3) is 6.08 Å². The van der Waals surface area contributed by atoms with Crippen LogP contribution in [0.5, 0.6) is 0 Å². The molecule has 0 radical (unpaired) electrons. The first-order valence-electron chi connectivity index (χ1n) is 4.28. The van der Waals surface area contributed by atoms with Crippen LogP contribution in [0.15, 0.2) is 35.5 Å². The van der Waals surface area contributed by atoms with E-state index in [2.05, 4.69) is 29.4 Å². The molecule has 1 aromatic carbocycles. The van der Waals surface area contributed by atoms with Crippen LogP contribution in [0.1, 0.15) is 17.5 Å². The van der Waals surface area contributed by atoms with Gasteiger partial charge in [-0.1, -0.05) is 41.6 Å². The Balaban J connectivity index is 2.49. The third-order valence-corrected chi connectivity index (χ3v) is 2.08. The molecule has 0 atom stereocenters. The molecule has 0 fully saturated rings. The molecule has 0 aromatic heterocycles. The lowest BCUT2D eigenvalue weighted by Gasteiger charge is -2.11. The number of rotatable bonds is 1. The van der Waals surface area contributed by atoms with Crippen molar-refractivity contribution in [3.8, 4) is 0 Å². The van der Waals surface area contributed by atoms with Gasteiger partial charge in [0, 0.05) is 12.0 Å². The van der Waals surface area contributed by atoms with E-state index in [1.165, 1.54) is 11.1 Å². The normalized spacial score (nSPS) is 17.2.